The van der Waals surface area contributed by atoms with Crippen LogP contribution in [0.15, 0.2) is 53.9 Å². The molecule has 5 heteroatoms. The van der Waals surface area contributed by atoms with Crippen LogP contribution >= 0.6 is 11.6 Å². The van der Waals surface area contributed by atoms with Crippen molar-refractivity contribution in [3.8, 4) is 11.8 Å². The van der Waals surface area contributed by atoms with Gasteiger partial charge in [-0.2, -0.15) is 5.26 Å². The Hall–Kier alpha value is -2.64. The molecule has 3 rings (SSSR count). The number of halogens is 1. The lowest BCUT2D eigenvalue weighted by molar-refractivity contribution is 0.393. The molecule has 0 bridgehead atoms. The molecule has 1 atom stereocenters. The second-order valence-electron chi connectivity index (χ2n) is 5.87. The van der Waals surface area contributed by atoms with E-state index in [1.807, 2.05) is 36.4 Å². The molecule has 2 aromatic rings. The van der Waals surface area contributed by atoms with Gasteiger partial charge in [0.25, 0.3) is 0 Å². The highest BCUT2D eigenvalue weighted by molar-refractivity contribution is 6.30. The number of benzene rings is 2. The molecule has 2 N–H and O–H groups in total. The maximum absolute atomic E-state index is 9.60. The van der Waals surface area contributed by atoms with Crippen LogP contribution < -0.4 is 15.4 Å². The van der Waals surface area contributed by atoms with Crippen molar-refractivity contribution in [2.45, 2.75) is 19.8 Å². The standard InChI is InChI=1S/C20H20ClN3O/c1-3-24(4-2)15-8-9-16-18(11-15)25-20(23)17(12-22)19(16)13-6-5-7-14(21)10-13/h5-11,19H,3-4,23H2,1-2H3/t19-/m0/s1. The number of ether oxygens (including phenoxy) is 1. The highest BCUT2D eigenvalue weighted by Crippen LogP contribution is 2.43. The summed E-state index contributed by atoms with van der Waals surface area (Å²) >= 11 is 6.15. The van der Waals surface area contributed by atoms with Crippen molar-refractivity contribution in [1.29, 1.82) is 5.26 Å². The summed E-state index contributed by atoms with van der Waals surface area (Å²) in [4.78, 5) is 2.23. The van der Waals surface area contributed by atoms with E-state index in [4.69, 9.17) is 22.1 Å². The third kappa shape index (κ3) is 3.16. The van der Waals surface area contributed by atoms with Gasteiger partial charge in [-0.1, -0.05) is 29.8 Å². The molecule has 1 heterocycles. The Labute approximate surface area is 153 Å². The number of hydrogen-bond acceptors (Lipinski definition) is 4. The van der Waals surface area contributed by atoms with Gasteiger partial charge >= 0.3 is 0 Å². The Bertz CT molecular complexity index is 865. The van der Waals surface area contributed by atoms with Gasteiger partial charge in [-0.15, -0.1) is 0 Å². The Kier molecular flexibility index (Phi) is 4.87. The van der Waals surface area contributed by atoms with Crippen LogP contribution in [-0.4, -0.2) is 13.1 Å². The number of fused-ring (bicyclic) bond motifs is 1. The van der Waals surface area contributed by atoms with Gasteiger partial charge in [0, 0.05) is 35.4 Å². The van der Waals surface area contributed by atoms with Crippen molar-refractivity contribution in [3.05, 3.63) is 70.1 Å². The molecule has 4 nitrogen and oxygen atoms in total. The summed E-state index contributed by atoms with van der Waals surface area (Å²) in [5, 5.41) is 10.2. The lowest BCUT2D eigenvalue weighted by atomic mass is 9.83. The molecular weight excluding hydrogens is 334 g/mol. The fourth-order valence-corrected chi connectivity index (χ4v) is 3.46. The van der Waals surface area contributed by atoms with Crippen LogP contribution in [0.5, 0.6) is 5.75 Å². The average molecular weight is 354 g/mol. The SMILES string of the molecule is CCN(CC)c1ccc2c(c1)OC(N)=C(C#N)[C@H]2c1cccc(Cl)c1. The minimum atomic E-state index is -0.279. The van der Waals surface area contributed by atoms with E-state index < -0.39 is 0 Å². The van der Waals surface area contributed by atoms with E-state index in [-0.39, 0.29) is 11.8 Å². The van der Waals surface area contributed by atoms with Crippen LogP contribution in [0.1, 0.15) is 30.9 Å². The number of allylic oxidation sites excluding steroid dienone is 1. The van der Waals surface area contributed by atoms with Gasteiger partial charge in [-0.05, 0) is 37.6 Å². The first-order valence-corrected chi connectivity index (χ1v) is 8.68. The van der Waals surface area contributed by atoms with Gasteiger partial charge in [-0.25, -0.2) is 0 Å². The molecule has 2 aromatic carbocycles. The maximum atomic E-state index is 9.60. The van der Waals surface area contributed by atoms with Crippen LogP contribution in [0.4, 0.5) is 5.69 Å². The Morgan fingerprint density at radius 2 is 1.96 bits per heavy atom. The normalized spacial score (nSPS) is 16.0. The summed E-state index contributed by atoms with van der Waals surface area (Å²) in [6, 6.07) is 15.8. The van der Waals surface area contributed by atoms with Gasteiger partial charge in [0.2, 0.25) is 5.88 Å². The first-order valence-electron chi connectivity index (χ1n) is 8.31. The van der Waals surface area contributed by atoms with E-state index in [0.29, 0.717) is 16.3 Å². The van der Waals surface area contributed by atoms with Gasteiger partial charge in [0.05, 0.1) is 5.92 Å². The number of nitriles is 1. The Morgan fingerprint density at radius 1 is 1.20 bits per heavy atom. The zero-order chi connectivity index (χ0) is 18.0. The molecule has 0 radical (unpaired) electrons. The number of nitrogens with two attached hydrogens (primary N) is 1. The summed E-state index contributed by atoms with van der Waals surface area (Å²) in [7, 11) is 0. The van der Waals surface area contributed by atoms with E-state index in [9.17, 15) is 5.26 Å². The second-order valence-corrected chi connectivity index (χ2v) is 6.31. The molecule has 0 aromatic heterocycles. The molecule has 1 aliphatic rings. The van der Waals surface area contributed by atoms with Crippen molar-refractivity contribution in [3.63, 3.8) is 0 Å². The van der Waals surface area contributed by atoms with E-state index in [2.05, 4.69) is 30.9 Å². The van der Waals surface area contributed by atoms with E-state index in [1.54, 1.807) is 0 Å². The molecule has 1 aliphatic heterocycles. The molecule has 0 amide bonds. The van der Waals surface area contributed by atoms with Crippen molar-refractivity contribution in [1.82, 2.24) is 0 Å². The number of rotatable bonds is 4. The Morgan fingerprint density at radius 3 is 2.60 bits per heavy atom. The quantitative estimate of drug-likeness (QED) is 0.884. The predicted octanol–water partition coefficient (Wildman–Crippen LogP) is 4.40. The Balaban J connectivity index is 2.14. The van der Waals surface area contributed by atoms with E-state index in [1.165, 1.54) is 0 Å². The van der Waals surface area contributed by atoms with Crippen molar-refractivity contribution < 1.29 is 4.74 Å². The van der Waals surface area contributed by atoms with Crippen LogP contribution in [-0.2, 0) is 0 Å². The zero-order valence-corrected chi connectivity index (χ0v) is 15.0. The monoisotopic (exact) mass is 353 g/mol. The molecular formula is C20H20ClN3O. The fourth-order valence-electron chi connectivity index (χ4n) is 3.26. The van der Waals surface area contributed by atoms with Crippen LogP contribution in [0, 0.1) is 11.3 Å². The van der Waals surface area contributed by atoms with Crippen LogP contribution in [0.25, 0.3) is 0 Å². The van der Waals surface area contributed by atoms with E-state index in [0.717, 1.165) is 29.9 Å². The van der Waals surface area contributed by atoms with Crippen LogP contribution in [0.2, 0.25) is 5.02 Å². The van der Waals surface area contributed by atoms with Crippen molar-refractivity contribution in [2.24, 2.45) is 5.73 Å². The summed E-state index contributed by atoms with van der Waals surface area (Å²) in [5.74, 6) is 0.556. The first kappa shape index (κ1) is 17.2. The predicted molar refractivity (Wildman–Crippen MR) is 101 cm³/mol. The molecule has 0 saturated heterocycles. The van der Waals surface area contributed by atoms with Gasteiger partial charge in [-0.3, -0.25) is 0 Å². The van der Waals surface area contributed by atoms with Crippen molar-refractivity contribution in [2.75, 3.05) is 18.0 Å². The zero-order valence-electron chi connectivity index (χ0n) is 14.3. The number of hydrogen-bond donors (Lipinski definition) is 1. The molecule has 0 fully saturated rings. The largest absolute Gasteiger partial charge is 0.440 e. The van der Waals surface area contributed by atoms with Crippen molar-refractivity contribution >= 4 is 17.3 Å². The van der Waals surface area contributed by atoms with E-state index >= 15 is 0 Å². The van der Waals surface area contributed by atoms with Gasteiger partial charge in [0.15, 0.2) is 0 Å². The molecule has 0 spiro atoms. The summed E-state index contributed by atoms with van der Waals surface area (Å²) < 4.78 is 5.77. The number of anilines is 1. The lowest BCUT2D eigenvalue weighted by Gasteiger charge is -2.29. The molecule has 25 heavy (non-hydrogen) atoms. The molecule has 0 saturated carbocycles. The minimum absolute atomic E-state index is 0.150. The molecule has 128 valence electrons. The minimum Gasteiger partial charge on any atom is -0.440 e. The molecule has 0 aliphatic carbocycles. The topological polar surface area (TPSA) is 62.3 Å². The summed E-state index contributed by atoms with van der Waals surface area (Å²) in [6.45, 7) is 6.03. The first-order chi connectivity index (χ1) is 12.1. The summed E-state index contributed by atoms with van der Waals surface area (Å²) in [6.07, 6.45) is 0. The average Bonchev–Trinajstić information content (AvgIpc) is 2.61. The summed E-state index contributed by atoms with van der Waals surface area (Å²) in [5.41, 5.74) is 9.37. The second kappa shape index (κ2) is 7.08. The fraction of sp³-hybridized carbons (Fsp3) is 0.250. The highest BCUT2D eigenvalue weighted by atomic mass is 35.5. The third-order valence-electron chi connectivity index (χ3n) is 4.51. The van der Waals surface area contributed by atoms with Gasteiger partial charge < -0.3 is 15.4 Å². The third-order valence-corrected chi connectivity index (χ3v) is 4.75. The number of nitrogens with zero attached hydrogens (tertiary/aromatic N) is 2. The highest BCUT2D eigenvalue weighted by Gasteiger charge is 2.31. The molecule has 0 unspecified atom stereocenters. The maximum Gasteiger partial charge on any atom is 0.205 e. The van der Waals surface area contributed by atoms with Crippen LogP contribution in [0.3, 0.4) is 0 Å². The smallest absolute Gasteiger partial charge is 0.205 e. The van der Waals surface area contributed by atoms with Gasteiger partial charge in [0.1, 0.15) is 17.4 Å². The lowest BCUT2D eigenvalue weighted by Crippen LogP contribution is -2.24.